The fourth-order valence-corrected chi connectivity index (χ4v) is 1.49. The monoisotopic (exact) mass is 258 g/mol. The number of carbonyl (C=O) groups is 1. The van der Waals surface area contributed by atoms with Gasteiger partial charge in [0.05, 0.1) is 17.0 Å². The molecule has 98 valence electrons. The van der Waals surface area contributed by atoms with Crippen molar-refractivity contribution in [3.05, 3.63) is 35.2 Å². The molecule has 0 spiro atoms. The molecule has 0 unspecified atom stereocenters. The lowest BCUT2D eigenvalue weighted by Crippen LogP contribution is -2.03. The van der Waals surface area contributed by atoms with Crippen LogP contribution in [0.25, 0.3) is 0 Å². The van der Waals surface area contributed by atoms with E-state index in [1.54, 1.807) is 18.2 Å². The van der Waals surface area contributed by atoms with Crippen LogP contribution in [0.5, 0.6) is 11.8 Å². The van der Waals surface area contributed by atoms with E-state index >= 15 is 0 Å². The fraction of sp³-hybridized carbons (Fsp3) is 0.231. The van der Waals surface area contributed by atoms with Gasteiger partial charge in [-0.05, 0) is 39.0 Å². The summed E-state index contributed by atoms with van der Waals surface area (Å²) in [6.45, 7) is 5.07. The van der Waals surface area contributed by atoms with Crippen LogP contribution < -0.4 is 10.5 Å². The van der Waals surface area contributed by atoms with Gasteiger partial charge in [-0.15, -0.1) is 5.10 Å². The highest BCUT2D eigenvalue weighted by Crippen LogP contribution is 2.25. The molecule has 1 aromatic carbocycles. The maximum Gasteiger partial charge on any atom is 0.341 e. The van der Waals surface area contributed by atoms with Crippen LogP contribution in [0.2, 0.25) is 0 Å². The third-order valence-electron chi connectivity index (χ3n) is 2.66. The Bertz CT molecular complexity index is 641. The summed E-state index contributed by atoms with van der Waals surface area (Å²) in [7, 11) is 0. The first-order valence-electron chi connectivity index (χ1n) is 5.73. The highest BCUT2D eigenvalue weighted by Gasteiger charge is 2.12. The number of nitrogens with two attached hydrogens (primary N) is 1. The van der Waals surface area contributed by atoms with E-state index in [4.69, 9.17) is 10.5 Å². The number of nitrogen functional groups attached to an aromatic ring is 1. The molecule has 0 amide bonds. The molecule has 6 heteroatoms. The number of anilines is 1. The minimum absolute atomic E-state index is 0.107. The summed E-state index contributed by atoms with van der Waals surface area (Å²) in [5.41, 5.74) is 8.00. The second-order valence-electron chi connectivity index (χ2n) is 4.18. The second-order valence-corrected chi connectivity index (χ2v) is 4.18. The Morgan fingerprint density at radius 2 is 1.95 bits per heavy atom. The first kappa shape index (κ1) is 12.9. The molecular formula is C13H14N4O2. The first-order chi connectivity index (χ1) is 8.97. The predicted molar refractivity (Wildman–Crippen MR) is 70.2 cm³/mol. The molecule has 0 saturated heterocycles. The SMILES string of the molecule is CC(=O)c1cc(N)ccc1Oc1nnc(C)c(C)n1. The third-order valence-corrected chi connectivity index (χ3v) is 2.66. The number of benzene rings is 1. The van der Waals surface area contributed by atoms with Gasteiger partial charge in [-0.3, -0.25) is 4.79 Å². The number of hydrogen-bond donors (Lipinski definition) is 1. The number of hydrogen-bond acceptors (Lipinski definition) is 6. The Kier molecular flexibility index (Phi) is 3.41. The highest BCUT2D eigenvalue weighted by molar-refractivity contribution is 5.97. The average Bonchev–Trinajstić information content (AvgIpc) is 2.36. The van der Waals surface area contributed by atoms with Crippen molar-refractivity contribution >= 4 is 11.5 Å². The molecule has 2 rings (SSSR count). The van der Waals surface area contributed by atoms with Crippen LogP contribution in [0.15, 0.2) is 18.2 Å². The maximum atomic E-state index is 11.5. The van der Waals surface area contributed by atoms with Crippen molar-refractivity contribution in [1.29, 1.82) is 0 Å². The Hall–Kier alpha value is -2.50. The van der Waals surface area contributed by atoms with Gasteiger partial charge in [0.2, 0.25) is 0 Å². The molecule has 2 aromatic rings. The first-order valence-corrected chi connectivity index (χ1v) is 5.73. The van der Waals surface area contributed by atoms with Crippen molar-refractivity contribution in [1.82, 2.24) is 15.2 Å². The molecule has 0 bridgehead atoms. The zero-order chi connectivity index (χ0) is 14.0. The lowest BCUT2D eigenvalue weighted by molar-refractivity contribution is 0.101. The number of ether oxygens (including phenoxy) is 1. The summed E-state index contributed by atoms with van der Waals surface area (Å²) >= 11 is 0. The number of aromatic nitrogens is 3. The Balaban J connectivity index is 2.37. The molecule has 6 nitrogen and oxygen atoms in total. The van der Waals surface area contributed by atoms with Gasteiger partial charge in [0.1, 0.15) is 5.75 Å². The molecule has 0 radical (unpaired) electrons. The molecule has 19 heavy (non-hydrogen) atoms. The van der Waals surface area contributed by atoms with Gasteiger partial charge >= 0.3 is 6.01 Å². The summed E-state index contributed by atoms with van der Waals surface area (Å²) in [4.78, 5) is 15.7. The van der Waals surface area contributed by atoms with Crippen LogP contribution in [0, 0.1) is 13.8 Å². The van der Waals surface area contributed by atoms with E-state index < -0.39 is 0 Å². The summed E-state index contributed by atoms with van der Waals surface area (Å²) in [5.74, 6) is 0.228. The van der Waals surface area contributed by atoms with Gasteiger partial charge in [-0.1, -0.05) is 5.10 Å². The van der Waals surface area contributed by atoms with Gasteiger partial charge in [0.25, 0.3) is 0 Å². The molecule has 0 fully saturated rings. The van der Waals surface area contributed by atoms with Crippen molar-refractivity contribution in [2.45, 2.75) is 20.8 Å². The van der Waals surface area contributed by atoms with Gasteiger partial charge < -0.3 is 10.5 Å². The van der Waals surface area contributed by atoms with E-state index in [-0.39, 0.29) is 11.8 Å². The number of aryl methyl sites for hydroxylation is 2. The predicted octanol–water partition coefficient (Wildman–Crippen LogP) is 2.07. The van der Waals surface area contributed by atoms with Crippen molar-refractivity contribution in [3.63, 3.8) is 0 Å². The molecule has 0 aliphatic carbocycles. The van der Waals surface area contributed by atoms with Crippen molar-refractivity contribution < 1.29 is 9.53 Å². The topological polar surface area (TPSA) is 91.0 Å². The Morgan fingerprint density at radius 3 is 2.58 bits per heavy atom. The van der Waals surface area contributed by atoms with Crippen LogP contribution in [0.1, 0.15) is 28.7 Å². The average molecular weight is 258 g/mol. The van der Waals surface area contributed by atoms with Crippen LogP contribution >= 0.6 is 0 Å². The van der Waals surface area contributed by atoms with Crippen molar-refractivity contribution in [2.75, 3.05) is 5.73 Å². The number of carbonyl (C=O) groups excluding carboxylic acids is 1. The van der Waals surface area contributed by atoms with Crippen molar-refractivity contribution in [2.24, 2.45) is 0 Å². The molecule has 0 aliphatic heterocycles. The molecule has 2 N–H and O–H groups in total. The van der Waals surface area contributed by atoms with Gasteiger partial charge in [-0.2, -0.15) is 4.98 Å². The van der Waals surface area contributed by atoms with E-state index in [1.165, 1.54) is 6.92 Å². The molecular weight excluding hydrogens is 244 g/mol. The minimum atomic E-state index is -0.140. The summed E-state index contributed by atoms with van der Waals surface area (Å²) in [5, 5.41) is 7.75. The highest BCUT2D eigenvalue weighted by atomic mass is 16.5. The quantitative estimate of drug-likeness (QED) is 0.669. The molecule has 0 saturated carbocycles. The molecule has 1 aromatic heterocycles. The largest absolute Gasteiger partial charge is 0.422 e. The van der Waals surface area contributed by atoms with E-state index in [0.717, 1.165) is 11.4 Å². The number of Topliss-reactive ketones (excluding diaryl/α,β-unsaturated/α-hetero) is 1. The Labute approximate surface area is 110 Å². The van der Waals surface area contributed by atoms with Gasteiger partial charge in [0, 0.05) is 5.69 Å². The van der Waals surface area contributed by atoms with E-state index in [0.29, 0.717) is 17.0 Å². The van der Waals surface area contributed by atoms with E-state index in [9.17, 15) is 4.79 Å². The zero-order valence-electron chi connectivity index (χ0n) is 11.0. The van der Waals surface area contributed by atoms with E-state index in [2.05, 4.69) is 15.2 Å². The number of rotatable bonds is 3. The zero-order valence-corrected chi connectivity index (χ0v) is 11.0. The number of nitrogens with zero attached hydrogens (tertiary/aromatic N) is 3. The maximum absolute atomic E-state index is 11.5. The summed E-state index contributed by atoms with van der Waals surface area (Å²) < 4.78 is 5.50. The van der Waals surface area contributed by atoms with Crippen LogP contribution in [-0.4, -0.2) is 21.0 Å². The normalized spacial score (nSPS) is 10.3. The van der Waals surface area contributed by atoms with Gasteiger partial charge in [-0.25, -0.2) is 0 Å². The summed E-state index contributed by atoms with van der Waals surface area (Å²) in [6.07, 6.45) is 0. The Morgan fingerprint density at radius 1 is 1.21 bits per heavy atom. The van der Waals surface area contributed by atoms with E-state index in [1.807, 2.05) is 13.8 Å². The number of ketones is 1. The lowest BCUT2D eigenvalue weighted by Gasteiger charge is -2.08. The van der Waals surface area contributed by atoms with Crippen LogP contribution in [0.3, 0.4) is 0 Å². The molecule has 0 atom stereocenters. The molecule has 0 aliphatic rings. The fourth-order valence-electron chi connectivity index (χ4n) is 1.49. The van der Waals surface area contributed by atoms with Crippen molar-refractivity contribution in [3.8, 4) is 11.8 Å². The van der Waals surface area contributed by atoms with Crippen LogP contribution in [0.4, 0.5) is 5.69 Å². The van der Waals surface area contributed by atoms with Crippen LogP contribution in [-0.2, 0) is 0 Å². The smallest absolute Gasteiger partial charge is 0.341 e. The minimum Gasteiger partial charge on any atom is -0.422 e. The third kappa shape index (κ3) is 2.85. The standard InChI is InChI=1S/C13H14N4O2/c1-7-8(2)16-17-13(15-7)19-12-5-4-10(14)6-11(12)9(3)18/h4-6H,14H2,1-3H3. The lowest BCUT2D eigenvalue weighted by atomic mass is 10.1. The second kappa shape index (κ2) is 5.01. The summed E-state index contributed by atoms with van der Waals surface area (Å²) in [6, 6.07) is 4.93. The van der Waals surface area contributed by atoms with Gasteiger partial charge in [0.15, 0.2) is 5.78 Å². The molecule has 1 heterocycles.